The monoisotopic (exact) mass is 1440 g/mol. The molecule has 0 radical (unpaired) electrons. The van der Waals surface area contributed by atoms with Crippen LogP contribution in [0.2, 0.25) is 0 Å². The maximum Gasteiger partial charge on any atom is 0.344 e. The highest BCUT2D eigenvalue weighted by Crippen LogP contribution is 2.59. The van der Waals surface area contributed by atoms with Crippen LogP contribution >= 0.6 is 45.3 Å². The molecule has 10 aromatic carbocycles. The number of hydrogen-bond donors (Lipinski definition) is 0. The summed E-state index contributed by atoms with van der Waals surface area (Å²) in [6.07, 6.45) is 7.87. The number of fused-ring (bicyclic) bond motifs is 25. The van der Waals surface area contributed by atoms with Gasteiger partial charge in [-0.25, -0.2) is 0 Å². The average molecular weight is 1450 g/mol. The molecule has 106 heavy (non-hydrogen) atoms. The van der Waals surface area contributed by atoms with Gasteiger partial charge in [0.2, 0.25) is 0 Å². The second-order valence-corrected chi connectivity index (χ2v) is 41.4. The molecule has 3 aliphatic carbocycles. The first-order valence-corrected chi connectivity index (χ1v) is 42.3. The van der Waals surface area contributed by atoms with Crippen molar-refractivity contribution in [3.8, 4) is 22.3 Å². The lowest BCUT2D eigenvalue weighted by Crippen LogP contribution is -2.55. The number of rotatable bonds is 4. The molecule has 6 aromatic heterocycles. The Labute approximate surface area is 638 Å². The Morgan fingerprint density at radius 1 is 0.340 bits per heavy atom. The highest BCUT2D eigenvalue weighted by atomic mass is 32.1. The van der Waals surface area contributed by atoms with Gasteiger partial charge >= 0.3 is 13.7 Å². The van der Waals surface area contributed by atoms with Crippen LogP contribution in [0.1, 0.15) is 183 Å². The molecule has 0 saturated carbocycles. The lowest BCUT2D eigenvalue weighted by atomic mass is 9.48. The Morgan fingerprint density at radius 2 is 0.821 bits per heavy atom. The third-order valence-electron chi connectivity index (χ3n) is 27.9. The first kappa shape index (κ1) is 63.5. The van der Waals surface area contributed by atoms with Crippen molar-refractivity contribution in [1.29, 1.82) is 0 Å². The normalized spacial score (nSPS) is 18.3. The van der Waals surface area contributed by atoms with E-state index in [1.165, 1.54) is 253 Å². The molecule has 7 aliphatic rings. The molecule has 16 aromatic rings. The van der Waals surface area contributed by atoms with Crippen molar-refractivity contribution in [2.24, 2.45) is 0 Å². The van der Waals surface area contributed by atoms with Gasteiger partial charge in [0.1, 0.15) is 0 Å². The van der Waals surface area contributed by atoms with E-state index in [0.29, 0.717) is 0 Å². The van der Waals surface area contributed by atoms with Crippen LogP contribution in [0, 0.1) is 20.8 Å². The van der Waals surface area contributed by atoms with Crippen molar-refractivity contribution in [3.63, 3.8) is 0 Å². The number of aryl methyl sites for hydroxylation is 3. The van der Waals surface area contributed by atoms with Crippen LogP contribution < -0.4 is 30.3 Å². The summed E-state index contributed by atoms with van der Waals surface area (Å²) in [4.78, 5) is 6.95. The standard InChI is InChI=1S/C96H86B2N4S4/c1-50-38-62-55-25-21-27-61-83(55)101(97-80(62)73(39-50)99(85-58-23-17-19-29-76(58)104-88(85)97)71-47-68-65(40-51(71)2)91(4,5)32-35-94(68,10)11)84-59-31-30-53(45-77(59)103-87(61)84)42-54-43-63-56-24-20-26-60-79-57-22-16-18-28-75(57)106-90(79)102(82(56)60)98-81(63)74(44-54)100(72-48-69-66(41-52(72)3)92(6,7)33-36-95(69,12)13)86-64-46-67-70(49-78(64)105-89(86)98)96(14,15)37-34-93(67,8)9/h16-31,38-41,43-49H,32-37,42H2,1-15H3. The fraction of sp³-hybridized carbons (Fsp3) is 0.292. The van der Waals surface area contributed by atoms with E-state index in [2.05, 4.69) is 298 Å². The predicted octanol–water partition coefficient (Wildman–Crippen LogP) is 25.2. The zero-order valence-electron chi connectivity index (χ0n) is 63.6. The molecule has 520 valence electrons. The SMILES string of the molecule is Cc1cc2c3c(c1)N(c1cc4c(cc1C)C(C)(C)CCC4(C)C)c1c(sc4ccccc14)B3n1c3c-2cccc3c2sc3cc(Cc4cc5c6c(c4)N(c4cc7c(cc4C)C(C)(C)CCC7(C)C)c4c(sc7cc8c(cc47)C(C)(C)CCC8(C)C)B6n4c6sc7ccccc7c6c6cccc-5c64)ccc3c21. The van der Waals surface area contributed by atoms with Gasteiger partial charge < -0.3 is 18.8 Å². The van der Waals surface area contributed by atoms with Crippen LogP contribution in [0.5, 0.6) is 0 Å². The molecule has 23 rings (SSSR count). The molecule has 0 atom stereocenters. The lowest BCUT2D eigenvalue weighted by molar-refractivity contribution is 0.332. The van der Waals surface area contributed by atoms with Gasteiger partial charge in [0.15, 0.2) is 0 Å². The second-order valence-electron chi connectivity index (χ2n) is 37.2. The summed E-state index contributed by atoms with van der Waals surface area (Å²) in [6.45, 7) is 37.0. The summed E-state index contributed by atoms with van der Waals surface area (Å²) >= 11 is 8.10. The van der Waals surface area contributed by atoms with E-state index in [1.54, 1.807) is 0 Å². The molecule has 0 saturated heterocycles. The third kappa shape index (κ3) is 8.12. The first-order chi connectivity index (χ1) is 50.7. The number of thiophene rings is 4. The number of aromatic nitrogens is 2. The van der Waals surface area contributed by atoms with E-state index >= 15 is 0 Å². The topological polar surface area (TPSA) is 16.3 Å². The van der Waals surface area contributed by atoms with Crippen LogP contribution in [0.25, 0.3) is 105 Å². The fourth-order valence-corrected chi connectivity index (χ4v) is 27.1. The molecular weight excluding hydrogens is 1360 g/mol. The van der Waals surface area contributed by atoms with Crippen LogP contribution in [0.4, 0.5) is 34.1 Å². The minimum absolute atomic E-state index is 0.0183. The highest BCUT2D eigenvalue weighted by Gasteiger charge is 2.51. The number of nitrogens with zero attached hydrogens (tertiary/aromatic N) is 4. The number of anilines is 6. The smallest absolute Gasteiger partial charge is 0.344 e. The van der Waals surface area contributed by atoms with Crippen LogP contribution in [0.15, 0.2) is 164 Å². The molecular formula is C96H86B2N4S4. The summed E-state index contributed by atoms with van der Waals surface area (Å²) < 4.78 is 15.4. The summed E-state index contributed by atoms with van der Waals surface area (Å²) in [5, 5.41) is 9.56. The van der Waals surface area contributed by atoms with Gasteiger partial charge in [-0.1, -0.05) is 192 Å². The molecule has 10 heteroatoms. The summed E-state index contributed by atoms with van der Waals surface area (Å²) in [5.41, 5.74) is 36.5. The van der Waals surface area contributed by atoms with E-state index in [-0.39, 0.29) is 46.2 Å². The van der Waals surface area contributed by atoms with Gasteiger partial charge in [-0.05, 0) is 236 Å². The molecule has 4 aliphatic heterocycles. The minimum Gasteiger partial charge on any atom is -0.374 e. The molecule has 10 heterocycles. The zero-order chi connectivity index (χ0) is 72.0. The Morgan fingerprint density at radius 3 is 1.44 bits per heavy atom. The predicted molar refractivity (Wildman–Crippen MR) is 464 cm³/mol. The fourth-order valence-electron chi connectivity index (χ4n) is 21.9. The van der Waals surface area contributed by atoms with Gasteiger partial charge in [-0.15, -0.1) is 45.3 Å². The Balaban J connectivity index is 0.746. The summed E-state index contributed by atoms with van der Waals surface area (Å²) in [6, 6.07) is 66.8. The quantitative estimate of drug-likeness (QED) is 0.163. The van der Waals surface area contributed by atoms with E-state index in [1.807, 2.05) is 34.0 Å². The highest BCUT2D eigenvalue weighted by molar-refractivity contribution is 7.33. The van der Waals surface area contributed by atoms with Crippen molar-refractivity contribution < 1.29 is 0 Å². The minimum atomic E-state index is -0.0317. The molecule has 0 bridgehead atoms. The van der Waals surface area contributed by atoms with E-state index < -0.39 is 0 Å². The largest absolute Gasteiger partial charge is 0.374 e. The maximum absolute atomic E-state index is 2.84. The van der Waals surface area contributed by atoms with Crippen molar-refractivity contribution in [2.45, 2.75) is 181 Å². The van der Waals surface area contributed by atoms with E-state index in [9.17, 15) is 0 Å². The Hall–Kier alpha value is -8.63. The number of benzene rings is 10. The van der Waals surface area contributed by atoms with Gasteiger partial charge in [-0.3, -0.25) is 0 Å². The number of para-hydroxylation sites is 2. The van der Waals surface area contributed by atoms with E-state index in [0.717, 1.165) is 12.8 Å². The average Bonchev–Trinajstić information content (AvgIpc) is 1.44. The zero-order valence-corrected chi connectivity index (χ0v) is 66.9. The molecule has 0 N–H and O–H groups in total. The van der Waals surface area contributed by atoms with Crippen LogP contribution in [-0.2, 0) is 38.9 Å². The molecule has 0 fully saturated rings. The first-order valence-electron chi connectivity index (χ1n) is 39.0. The van der Waals surface area contributed by atoms with Gasteiger partial charge in [-0.2, -0.15) is 0 Å². The molecule has 0 amide bonds. The van der Waals surface area contributed by atoms with Gasteiger partial charge in [0, 0.05) is 111 Å². The van der Waals surface area contributed by atoms with Gasteiger partial charge in [0.05, 0.1) is 26.4 Å². The van der Waals surface area contributed by atoms with Crippen molar-refractivity contribution in [2.75, 3.05) is 9.80 Å². The maximum atomic E-state index is 2.84. The molecule has 4 nitrogen and oxygen atoms in total. The van der Waals surface area contributed by atoms with E-state index in [4.69, 9.17) is 0 Å². The van der Waals surface area contributed by atoms with Crippen LogP contribution in [0.3, 0.4) is 0 Å². The second kappa shape index (κ2) is 20.6. The van der Waals surface area contributed by atoms with Crippen molar-refractivity contribution >= 4 is 196 Å². The summed E-state index contributed by atoms with van der Waals surface area (Å²) in [5.74, 6) is 0. The van der Waals surface area contributed by atoms with Crippen molar-refractivity contribution in [1.82, 2.24) is 8.96 Å². The molecule has 0 unspecified atom stereocenters. The Kier molecular flexibility index (Phi) is 12.3. The number of hydrogen-bond acceptors (Lipinski definition) is 6. The van der Waals surface area contributed by atoms with Crippen molar-refractivity contribution in [3.05, 3.63) is 225 Å². The van der Waals surface area contributed by atoms with Gasteiger partial charge in [0.25, 0.3) is 0 Å². The summed E-state index contributed by atoms with van der Waals surface area (Å²) in [7, 11) is 0. The third-order valence-corrected chi connectivity index (χ3v) is 32.7. The van der Waals surface area contributed by atoms with Crippen LogP contribution in [-0.4, -0.2) is 22.7 Å². The lowest BCUT2D eigenvalue weighted by Gasteiger charge is -2.44. The molecule has 0 spiro atoms. The Bertz CT molecular complexity index is 6780.